The Morgan fingerprint density at radius 3 is 2.57 bits per heavy atom. The van der Waals surface area contributed by atoms with Crippen molar-refractivity contribution < 1.29 is 28.5 Å². The minimum absolute atomic E-state index is 0.148. The quantitative estimate of drug-likeness (QED) is 0.186. The summed E-state index contributed by atoms with van der Waals surface area (Å²) in [5, 5.41) is 0. The van der Waals surface area contributed by atoms with Crippen LogP contribution in [0.5, 0.6) is 0 Å². The van der Waals surface area contributed by atoms with Gasteiger partial charge in [0.2, 0.25) is 5.78 Å². The molecule has 0 unspecified atom stereocenters. The van der Waals surface area contributed by atoms with Gasteiger partial charge in [0.05, 0.1) is 25.9 Å². The molecule has 2 rings (SSSR count). The molecule has 2 aliphatic rings. The van der Waals surface area contributed by atoms with E-state index >= 15 is 0 Å². The van der Waals surface area contributed by atoms with E-state index in [-0.39, 0.29) is 12.0 Å². The molecule has 172 valence electrons. The summed E-state index contributed by atoms with van der Waals surface area (Å²) in [6, 6.07) is 0. The molecule has 1 saturated carbocycles. The van der Waals surface area contributed by atoms with Crippen LogP contribution in [0.3, 0.4) is 0 Å². The van der Waals surface area contributed by atoms with Crippen LogP contribution in [-0.2, 0) is 28.5 Å². The first-order valence-electron chi connectivity index (χ1n) is 11.5. The third-order valence-electron chi connectivity index (χ3n) is 6.21. The second-order valence-corrected chi connectivity index (χ2v) is 9.07. The van der Waals surface area contributed by atoms with Crippen molar-refractivity contribution in [3.63, 3.8) is 0 Å². The maximum atomic E-state index is 11.6. The summed E-state index contributed by atoms with van der Waals surface area (Å²) in [5.74, 6) is -0.862. The van der Waals surface area contributed by atoms with Crippen molar-refractivity contribution in [2.45, 2.75) is 89.9 Å². The van der Waals surface area contributed by atoms with E-state index in [9.17, 15) is 9.59 Å². The van der Waals surface area contributed by atoms with Gasteiger partial charge in [-0.25, -0.2) is 4.79 Å². The lowest BCUT2D eigenvalue weighted by Gasteiger charge is -2.31. The standard InChI is InChI=1S/C24H40O6/c1-5-16-28-23(2,3)14-9-10-19-13-15-24(29-17-18-30-24)20(19)11-7-6-8-12-21(25)22(26)27-4/h9-10,19-20H,5-8,11-18H2,1-4H3/t19-,20+/m0/s1. The van der Waals surface area contributed by atoms with Gasteiger partial charge in [0.15, 0.2) is 5.79 Å². The summed E-state index contributed by atoms with van der Waals surface area (Å²) < 4.78 is 22.6. The Kier molecular flexibility index (Phi) is 9.98. The van der Waals surface area contributed by atoms with Crippen molar-refractivity contribution in [1.82, 2.24) is 0 Å². The second-order valence-electron chi connectivity index (χ2n) is 9.07. The summed E-state index contributed by atoms with van der Waals surface area (Å²) in [7, 11) is 1.24. The van der Waals surface area contributed by atoms with Crippen LogP contribution in [0.25, 0.3) is 0 Å². The second kappa shape index (κ2) is 12.0. The van der Waals surface area contributed by atoms with Gasteiger partial charge in [-0.15, -0.1) is 0 Å². The molecule has 2 atom stereocenters. The zero-order valence-corrected chi connectivity index (χ0v) is 19.2. The Morgan fingerprint density at radius 1 is 1.17 bits per heavy atom. The molecule has 1 aliphatic carbocycles. The molecule has 0 radical (unpaired) electrons. The highest BCUT2D eigenvalue weighted by Gasteiger charge is 2.51. The van der Waals surface area contributed by atoms with Gasteiger partial charge in [-0.1, -0.05) is 31.9 Å². The van der Waals surface area contributed by atoms with E-state index in [1.54, 1.807) is 0 Å². The summed E-state index contributed by atoms with van der Waals surface area (Å²) in [6.45, 7) is 8.52. The first-order chi connectivity index (χ1) is 14.3. The monoisotopic (exact) mass is 424 g/mol. The molecule has 2 fully saturated rings. The smallest absolute Gasteiger partial charge is 0.374 e. The van der Waals surface area contributed by atoms with Gasteiger partial charge in [-0.2, -0.15) is 0 Å². The van der Waals surface area contributed by atoms with Crippen LogP contribution in [-0.4, -0.2) is 50.1 Å². The zero-order chi connectivity index (χ0) is 22.0. The largest absolute Gasteiger partial charge is 0.463 e. The lowest BCUT2D eigenvalue weighted by atomic mass is 9.86. The fourth-order valence-corrected chi connectivity index (χ4v) is 4.58. The maximum Gasteiger partial charge on any atom is 0.374 e. The Hall–Kier alpha value is -1.24. The Balaban J connectivity index is 1.86. The lowest BCUT2D eigenvalue weighted by molar-refractivity contribution is -0.186. The van der Waals surface area contributed by atoms with E-state index in [0.29, 0.717) is 31.5 Å². The molecule has 1 aliphatic heterocycles. The highest BCUT2D eigenvalue weighted by molar-refractivity contribution is 6.33. The molecule has 0 aromatic rings. The topological polar surface area (TPSA) is 71.1 Å². The Morgan fingerprint density at radius 2 is 1.90 bits per heavy atom. The van der Waals surface area contributed by atoms with Crippen LogP contribution < -0.4 is 0 Å². The molecular weight excluding hydrogens is 384 g/mol. The van der Waals surface area contributed by atoms with Gasteiger partial charge in [0.25, 0.3) is 0 Å². The number of carbonyl (C=O) groups excluding carboxylic acids is 2. The molecule has 1 spiro atoms. The summed E-state index contributed by atoms with van der Waals surface area (Å²) in [4.78, 5) is 22.8. The number of hydrogen-bond donors (Lipinski definition) is 0. The van der Waals surface area contributed by atoms with Gasteiger partial charge in [0.1, 0.15) is 0 Å². The molecule has 1 heterocycles. The molecular formula is C24H40O6. The van der Waals surface area contributed by atoms with Gasteiger partial charge in [-0.05, 0) is 51.9 Å². The number of allylic oxidation sites excluding steroid dienone is 1. The molecule has 0 aromatic heterocycles. The maximum absolute atomic E-state index is 11.6. The normalized spacial score (nSPS) is 23.5. The van der Waals surface area contributed by atoms with Gasteiger partial charge >= 0.3 is 5.97 Å². The average molecular weight is 425 g/mol. The SMILES string of the molecule is CCCOC(C)(C)CC=C[C@H]1CCC2(OCCO2)[C@@H]1CCCCCC(=O)C(=O)OC. The van der Waals surface area contributed by atoms with Crippen molar-refractivity contribution >= 4 is 11.8 Å². The fraction of sp³-hybridized carbons (Fsp3) is 0.833. The molecule has 0 bridgehead atoms. The van der Waals surface area contributed by atoms with Crippen LogP contribution in [0.15, 0.2) is 12.2 Å². The van der Waals surface area contributed by atoms with Crippen LogP contribution in [0.2, 0.25) is 0 Å². The Labute approximate surface area is 181 Å². The zero-order valence-electron chi connectivity index (χ0n) is 19.2. The van der Waals surface area contributed by atoms with E-state index in [2.05, 4.69) is 37.7 Å². The molecule has 0 aromatic carbocycles. The molecule has 1 saturated heterocycles. The summed E-state index contributed by atoms with van der Waals surface area (Å²) in [6.07, 6.45) is 12.4. The summed E-state index contributed by atoms with van der Waals surface area (Å²) >= 11 is 0. The number of carbonyl (C=O) groups is 2. The average Bonchev–Trinajstić information content (AvgIpc) is 3.33. The van der Waals surface area contributed by atoms with Crippen molar-refractivity contribution in [3.8, 4) is 0 Å². The molecule has 6 heteroatoms. The third kappa shape index (κ3) is 7.17. The van der Waals surface area contributed by atoms with Crippen LogP contribution in [0.1, 0.15) is 78.6 Å². The van der Waals surface area contributed by atoms with Crippen molar-refractivity contribution in [2.24, 2.45) is 11.8 Å². The minimum Gasteiger partial charge on any atom is -0.463 e. The fourth-order valence-electron chi connectivity index (χ4n) is 4.58. The van der Waals surface area contributed by atoms with E-state index < -0.39 is 17.5 Å². The highest BCUT2D eigenvalue weighted by atomic mass is 16.7. The van der Waals surface area contributed by atoms with E-state index in [1.165, 1.54) is 7.11 Å². The number of ketones is 1. The molecule has 0 amide bonds. The van der Waals surface area contributed by atoms with E-state index in [1.807, 2.05) is 0 Å². The van der Waals surface area contributed by atoms with Gasteiger partial charge in [-0.3, -0.25) is 4.79 Å². The number of unbranched alkanes of at least 4 members (excludes halogenated alkanes) is 2. The van der Waals surface area contributed by atoms with Crippen molar-refractivity contribution in [1.29, 1.82) is 0 Å². The molecule has 0 N–H and O–H groups in total. The number of Topliss-reactive ketones (excluding diaryl/α,β-unsaturated/α-hetero) is 1. The number of methoxy groups -OCH3 is 1. The number of rotatable bonds is 13. The predicted octanol–water partition coefficient (Wildman–Crippen LogP) is 4.60. The Bertz CT molecular complexity index is 576. The predicted molar refractivity (Wildman–Crippen MR) is 115 cm³/mol. The highest BCUT2D eigenvalue weighted by Crippen LogP contribution is 2.48. The number of ether oxygens (including phenoxy) is 4. The van der Waals surface area contributed by atoms with E-state index in [4.69, 9.17) is 14.2 Å². The van der Waals surface area contributed by atoms with Crippen LogP contribution in [0, 0.1) is 11.8 Å². The van der Waals surface area contributed by atoms with Gasteiger partial charge in [0, 0.05) is 25.4 Å². The van der Waals surface area contributed by atoms with E-state index in [0.717, 1.165) is 51.6 Å². The first-order valence-corrected chi connectivity index (χ1v) is 11.5. The minimum atomic E-state index is -0.742. The third-order valence-corrected chi connectivity index (χ3v) is 6.21. The van der Waals surface area contributed by atoms with Crippen molar-refractivity contribution in [3.05, 3.63) is 12.2 Å². The number of esters is 1. The first kappa shape index (κ1) is 25.0. The van der Waals surface area contributed by atoms with Crippen molar-refractivity contribution in [2.75, 3.05) is 26.9 Å². The van der Waals surface area contributed by atoms with Crippen LogP contribution >= 0.6 is 0 Å². The van der Waals surface area contributed by atoms with Crippen LogP contribution in [0.4, 0.5) is 0 Å². The molecule has 30 heavy (non-hydrogen) atoms. The number of hydrogen-bond acceptors (Lipinski definition) is 6. The summed E-state index contributed by atoms with van der Waals surface area (Å²) in [5.41, 5.74) is -0.148. The lowest BCUT2D eigenvalue weighted by Crippen LogP contribution is -2.36. The molecule has 6 nitrogen and oxygen atoms in total. The van der Waals surface area contributed by atoms with Gasteiger partial charge < -0.3 is 18.9 Å².